The lowest BCUT2D eigenvalue weighted by atomic mass is 9.86. The molecule has 13 heavy (non-hydrogen) atoms. The molecule has 2 aliphatic rings. The molecular formula is C11H20OS. The second-order valence-corrected chi connectivity index (χ2v) is 5.72. The van der Waals surface area contributed by atoms with Crippen LogP contribution in [0.4, 0.5) is 0 Å². The van der Waals surface area contributed by atoms with Crippen LogP contribution in [0.5, 0.6) is 0 Å². The molecule has 0 aromatic heterocycles. The van der Waals surface area contributed by atoms with Crippen LogP contribution in [0, 0.1) is 11.8 Å². The molecule has 2 heteroatoms. The average molecular weight is 200 g/mol. The summed E-state index contributed by atoms with van der Waals surface area (Å²) in [5, 5.41) is 0. The number of fused-ring (bicyclic) bond motifs is 2. The van der Waals surface area contributed by atoms with Crippen LogP contribution in [0.3, 0.4) is 0 Å². The third-order valence-corrected chi connectivity index (χ3v) is 4.39. The first-order valence-electron chi connectivity index (χ1n) is 5.37. The van der Waals surface area contributed by atoms with E-state index in [1.807, 2.05) is 11.8 Å². The van der Waals surface area contributed by atoms with Gasteiger partial charge in [-0.3, -0.25) is 0 Å². The summed E-state index contributed by atoms with van der Waals surface area (Å²) >= 11 is 1.88. The highest BCUT2D eigenvalue weighted by Gasteiger charge is 2.48. The lowest BCUT2D eigenvalue weighted by molar-refractivity contribution is -0.0623. The predicted octanol–water partition coefficient (Wildman–Crippen LogP) is 2.94. The Kier molecular flexibility index (Phi) is 2.89. The molecule has 2 fully saturated rings. The first-order valence-corrected chi connectivity index (χ1v) is 6.77. The zero-order valence-electron chi connectivity index (χ0n) is 8.71. The van der Waals surface area contributed by atoms with Crippen molar-refractivity contribution in [3.05, 3.63) is 0 Å². The Hall–Kier alpha value is 0.310. The topological polar surface area (TPSA) is 9.23 Å². The van der Waals surface area contributed by atoms with Gasteiger partial charge in [-0.15, -0.1) is 0 Å². The average Bonchev–Trinajstić information content (AvgIpc) is 2.64. The number of ether oxygens (including phenoxy) is 1. The number of hydrogen-bond acceptors (Lipinski definition) is 2. The lowest BCUT2D eigenvalue weighted by Crippen LogP contribution is -2.35. The van der Waals surface area contributed by atoms with Crippen molar-refractivity contribution in [2.45, 2.75) is 38.2 Å². The van der Waals surface area contributed by atoms with Crippen molar-refractivity contribution in [3.8, 4) is 0 Å². The van der Waals surface area contributed by atoms with Crippen LogP contribution in [-0.4, -0.2) is 24.2 Å². The molecule has 0 heterocycles. The van der Waals surface area contributed by atoms with E-state index < -0.39 is 0 Å². The van der Waals surface area contributed by atoms with E-state index in [-0.39, 0.29) is 5.60 Å². The Balaban J connectivity index is 1.83. The molecule has 3 atom stereocenters. The number of rotatable bonds is 4. The van der Waals surface area contributed by atoms with Gasteiger partial charge in [-0.05, 0) is 50.7 Å². The second-order valence-electron chi connectivity index (χ2n) is 4.73. The van der Waals surface area contributed by atoms with Crippen molar-refractivity contribution < 1.29 is 4.74 Å². The summed E-state index contributed by atoms with van der Waals surface area (Å²) in [5.41, 5.74) is 0.249. The summed E-state index contributed by atoms with van der Waals surface area (Å²) in [7, 11) is 0. The maximum Gasteiger partial charge on any atom is 0.0685 e. The van der Waals surface area contributed by atoms with Gasteiger partial charge in [-0.25, -0.2) is 0 Å². The third-order valence-electron chi connectivity index (χ3n) is 3.82. The van der Waals surface area contributed by atoms with Gasteiger partial charge in [0.2, 0.25) is 0 Å². The van der Waals surface area contributed by atoms with E-state index in [1.54, 1.807) is 0 Å². The van der Waals surface area contributed by atoms with Crippen molar-refractivity contribution in [2.75, 3.05) is 18.6 Å². The first kappa shape index (κ1) is 9.85. The van der Waals surface area contributed by atoms with Crippen LogP contribution in [0.25, 0.3) is 0 Å². The van der Waals surface area contributed by atoms with Gasteiger partial charge in [0.05, 0.1) is 12.2 Å². The third kappa shape index (κ3) is 1.89. The van der Waals surface area contributed by atoms with E-state index in [2.05, 4.69) is 13.2 Å². The molecule has 2 saturated carbocycles. The van der Waals surface area contributed by atoms with Gasteiger partial charge in [0.25, 0.3) is 0 Å². The highest BCUT2D eigenvalue weighted by Crippen LogP contribution is 2.52. The van der Waals surface area contributed by atoms with Gasteiger partial charge >= 0.3 is 0 Å². The Morgan fingerprint density at radius 2 is 2.31 bits per heavy atom. The van der Waals surface area contributed by atoms with Crippen molar-refractivity contribution in [1.29, 1.82) is 0 Å². The van der Waals surface area contributed by atoms with Gasteiger partial charge in [0.1, 0.15) is 0 Å². The Bertz CT molecular complexity index is 183. The van der Waals surface area contributed by atoms with Gasteiger partial charge < -0.3 is 4.74 Å². The molecule has 76 valence electrons. The smallest absolute Gasteiger partial charge is 0.0685 e. The summed E-state index contributed by atoms with van der Waals surface area (Å²) in [6, 6.07) is 0. The van der Waals surface area contributed by atoms with Crippen LogP contribution < -0.4 is 0 Å². The zero-order chi connectivity index (χ0) is 9.31. The molecule has 0 aromatic carbocycles. The Morgan fingerprint density at radius 1 is 1.46 bits per heavy atom. The highest BCUT2D eigenvalue weighted by molar-refractivity contribution is 7.98. The van der Waals surface area contributed by atoms with Crippen LogP contribution in [0.2, 0.25) is 0 Å². The van der Waals surface area contributed by atoms with Gasteiger partial charge in [0, 0.05) is 5.75 Å². The second kappa shape index (κ2) is 3.82. The maximum absolute atomic E-state index is 6.04. The normalized spacial score (nSPS) is 42.9. The molecular weight excluding hydrogens is 180 g/mol. The molecule has 0 spiro atoms. The molecule has 3 unspecified atom stereocenters. The minimum absolute atomic E-state index is 0.249. The van der Waals surface area contributed by atoms with E-state index in [1.165, 1.54) is 25.7 Å². The molecule has 0 radical (unpaired) electrons. The summed E-state index contributed by atoms with van der Waals surface area (Å²) in [5.74, 6) is 3.01. The molecule has 2 aliphatic carbocycles. The molecule has 0 aromatic rings. The van der Waals surface area contributed by atoms with Crippen molar-refractivity contribution in [1.82, 2.24) is 0 Å². The minimum atomic E-state index is 0.249. The monoisotopic (exact) mass is 200 g/mol. The van der Waals surface area contributed by atoms with E-state index >= 15 is 0 Å². The Morgan fingerprint density at radius 3 is 2.85 bits per heavy atom. The SMILES string of the molecule is CSCCOC1(C)CC2CCC1C2. The quantitative estimate of drug-likeness (QED) is 0.645. The summed E-state index contributed by atoms with van der Waals surface area (Å²) in [6.07, 6.45) is 7.79. The summed E-state index contributed by atoms with van der Waals surface area (Å²) < 4.78 is 6.04. The molecule has 0 aliphatic heterocycles. The molecule has 1 nitrogen and oxygen atoms in total. The van der Waals surface area contributed by atoms with Crippen LogP contribution in [0.15, 0.2) is 0 Å². The molecule has 0 N–H and O–H groups in total. The fourth-order valence-electron chi connectivity index (χ4n) is 3.09. The van der Waals surface area contributed by atoms with E-state index in [4.69, 9.17) is 4.74 Å². The van der Waals surface area contributed by atoms with Gasteiger partial charge in [-0.1, -0.05) is 0 Å². The van der Waals surface area contributed by atoms with Gasteiger partial charge in [-0.2, -0.15) is 11.8 Å². The highest BCUT2D eigenvalue weighted by atomic mass is 32.2. The number of hydrogen-bond donors (Lipinski definition) is 0. The molecule has 2 bridgehead atoms. The molecule has 0 amide bonds. The van der Waals surface area contributed by atoms with Gasteiger partial charge in [0.15, 0.2) is 0 Å². The van der Waals surface area contributed by atoms with E-state index in [0.717, 1.165) is 24.2 Å². The molecule has 2 rings (SSSR count). The summed E-state index contributed by atoms with van der Waals surface area (Å²) in [6.45, 7) is 3.28. The minimum Gasteiger partial charge on any atom is -0.374 e. The molecule has 0 saturated heterocycles. The van der Waals surface area contributed by atoms with Crippen LogP contribution >= 0.6 is 11.8 Å². The fourth-order valence-corrected chi connectivity index (χ4v) is 3.34. The van der Waals surface area contributed by atoms with E-state index in [9.17, 15) is 0 Å². The van der Waals surface area contributed by atoms with Crippen LogP contribution in [0.1, 0.15) is 32.6 Å². The lowest BCUT2D eigenvalue weighted by Gasteiger charge is -2.34. The van der Waals surface area contributed by atoms with Crippen LogP contribution in [-0.2, 0) is 4.74 Å². The predicted molar refractivity (Wildman–Crippen MR) is 58.2 cm³/mol. The Labute approximate surface area is 85.6 Å². The standard InChI is InChI=1S/C11H20OS/c1-11(12-5-6-13-2)8-9-3-4-10(11)7-9/h9-10H,3-8H2,1-2H3. The summed E-state index contributed by atoms with van der Waals surface area (Å²) in [4.78, 5) is 0. The van der Waals surface area contributed by atoms with Crippen molar-refractivity contribution >= 4 is 11.8 Å². The van der Waals surface area contributed by atoms with E-state index in [0.29, 0.717) is 0 Å². The largest absolute Gasteiger partial charge is 0.374 e. The fraction of sp³-hybridized carbons (Fsp3) is 1.00. The van der Waals surface area contributed by atoms with Crippen molar-refractivity contribution in [2.24, 2.45) is 11.8 Å². The maximum atomic E-state index is 6.04. The number of thioether (sulfide) groups is 1. The first-order chi connectivity index (χ1) is 6.24. The van der Waals surface area contributed by atoms with Crippen molar-refractivity contribution in [3.63, 3.8) is 0 Å². The zero-order valence-corrected chi connectivity index (χ0v) is 9.53.